The van der Waals surface area contributed by atoms with Crippen LogP contribution in [0.1, 0.15) is 22.3 Å². The van der Waals surface area contributed by atoms with Crippen molar-refractivity contribution in [2.45, 2.75) is 20.5 Å². The van der Waals surface area contributed by atoms with Gasteiger partial charge in [-0.2, -0.15) is 0 Å². The normalized spacial score (nSPS) is 15.3. The van der Waals surface area contributed by atoms with E-state index in [1.807, 2.05) is 86.7 Å². The minimum Gasteiger partial charge on any atom is -0.488 e. The number of carbonyl (C=O) groups is 1. The Labute approximate surface area is 260 Å². The average Bonchev–Trinajstić information content (AvgIpc) is 3.22. The Morgan fingerprint density at radius 2 is 1.60 bits per heavy atom. The molecule has 0 N–H and O–H groups in total. The lowest BCUT2D eigenvalue weighted by molar-refractivity contribution is -0.113. The van der Waals surface area contributed by atoms with Gasteiger partial charge in [-0.3, -0.25) is 9.69 Å². The summed E-state index contributed by atoms with van der Waals surface area (Å²) in [6.45, 7) is 4.25. The number of thioether (sulfide) groups is 1. The maximum Gasteiger partial charge on any atom is 0.271 e. The second-order valence-corrected chi connectivity index (χ2v) is 12.2. The minimum atomic E-state index is -0.193. The first kappa shape index (κ1) is 28.8. The van der Waals surface area contributed by atoms with Gasteiger partial charge in [-0.1, -0.05) is 65.1 Å². The van der Waals surface area contributed by atoms with Gasteiger partial charge >= 0.3 is 0 Å². The molecule has 0 spiro atoms. The molecule has 1 aliphatic rings. The van der Waals surface area contributed by atoms with E-state index in [9.17, 15) is 4.79 Å². The number of amides is 1. The molecule has 4 aromatic rings. The van der Waals surface area contributed by atoms with E-state index in [2.05, 4.69) is 15.9 Å². The topological polar surface area (TPSA) is 41.9 Å². The Bertz CT molecular complexity index is 1670. The van der Waals surface area contributed by atoms with Crippen molar-refractivity contribution in [1.29, 1.82) is 0 Å². The van der Waals surface area contributed by atoms with Crippen LogP contribution in [-0.2, 0) is 11.4 Å². The van der Waals surface area contributed by atoms with Gasteiger partial charge in [0.25, 0.3) is 5.91 Å². The number of amidine groups is 1. The lowest BCUT2D eigenvalue weighted by Crippen LogP contribution is -2.28. The Morgan fingerprint density at radius 1 is 0.900 bits per heavy atom. The molecule has 5 rings (SSSR count). The van der Waals surface area contributed by atoms with E-state index in [0.29, 0.717) is 48.9 Å². The van der Waals surface area contributed by atoms with Gasteiger partial charge in [0.15, 0.2) is 5.17 Å². The van der Waals surface area contributed by atoms with Crippen LogP contribution < -0.4 is 9.64 Å². The van der Waals surface area contributed by atoms with Crippen molar-refractivity contribution in [2.75, 3.05) is 4.90 Å². The first-order chi connectivity index (χ1) is 19.2. The summed E-state index contributed by atoms with van der Waals surface area (Å²) in [4.78, 5) is 20.6. The molecule has 40 heavy (non-hydrogen) atoms. The maximum atomic E-state index is 13.7. The standard InChI is InChI=1S/C31H22BrCl3N2O2S/c1-18-3-10-23(15-26(18)34)36-31-37(24-11-4-19(2)27(35)16-24)30(38)29(40-31)14-21-7-12-28(25(32)13-21)39-17-20-5-8-22(33)9-6-20/h3-16H,17H2,1-2H3/b29-14+,36-31?. The number of hydrogen-bond donors (Lipinski definition) is 0. The van der Waals surface area contributed by atoms with E-state index < -0.39 is 0 Å². The van der Waals surface area contributed by atoms with E-state index in [1.54, 1.807) is 17.0 Å². The van der Waals surface area contributed by atoms with Crippen LogP contribution in [-0.4, -0.2) is 11.1 Å². The number of aliphatic imine (C=N–C) groups is 1. The van der Waals surface area contributed by atoms with Crippen LogP contribution in [0.4, 0.5) is 11.4 Å². The molecule has 1 amide bonds. The van der Waals surface area contributed by atoms with Gasteiger partial charge < -0.3 is 4.74 Å². The molecule has 1 fully saturated rings. The summed E-state index contributed by atoms with van der Waals surface area (Å²) < 4.78 is 6.75. The SMILES string of the molecule is Cc1ccc(N=C2S/C(=C/c3ccc(OCc4ccc(Cl)cc4)c(Br)c3)C(=O)N2c2ccc(C)c(Cl)c2)cc1Cl. The molecule has 0 bridgehead atoms. The van der Waals surface area contributed by atoms with Crippen LogP contribution in [0.5, 0.6) is 5.75 Å². The second-order valence-electron chi connectivity index (χ2n) is 9.12. The van der Waals surface area contributed by atoms with Gasteiger partial charge in [-0.05, 0) is 118 Å². The van der Waals surface area contributed by atoms with Gasteiger partial charge in [0.2, 0.25) is 0 Å². The summed E-state index contributed by atoms with van der Waals surface area (Å²) in [5.74, 6) is 0.498. The summed E-state index contributed by atoms with van der Waals surface area (Å²) in [6.07, 6.45) is 1.84. The number of nitrogens with zero attached hydrogens (tertiary/aromatic N) is 2. The fourth-order valence-electron chi connectivity index (χ4n) is 3.88. The molecule has 1 saturated heterocycles. The maximum absolute atomic E-state index is 13.7. The highest BCUT2D eigenvalue weighted by Gasteiger charge is 2.35. The molecule has 9 heteroatoms. The van der Waals surface area contributed by atoms with Crippen molar-refractivity contribution in [2.24, 2.45) is 4.99 Å². The third-order valence-corrected chi connectivity index (χ3v) is 8.82. The van der Waals surface area contributed by atoms with E-state index in [4.69, 9.17) is 44.5 Å². The lowest BCUT2D eigenvalue weighted by Gasteiger charge is -2.16. The van der Waals surface area contributed by atoms with Gasteiger partial charge in [0.1, 0.15) is 12.4 Å². The molecule has 1 heterocycles. The van der Waals surface area contributed by atoms with E-state index in [0.717, 1.165) is 26.7 Å². The van der Waals surface area contributed by atoms with Crippen molar-refractivity contribution in [1.82, 2.24) is 0 Å². The smallest absolute Gasteiger partial charge is 0.271 e. The van der Waals surface area contributed by atoms with Gasteiger partial charge in [-0.25, -0.2) is 4.99 Å². The summed E-state index contributed by atoms with van der Waals surface area (Å²) in [6, 6.07) is 24.3. The molecule has 0 aromatic heterocycles. The zero-order chi connectivity index (χ0) is 28.4. The molecule has 4 aromatic carbocycles. The van der Waals surface area contributed by atoms with Crippen LogP contribution in [0.15, 0.2) is 93.2 Å². The van der Waals surface area contributed by atoms with E-state index >= 15 is 0 Å². The first-order valence-corrected chi connectivity index (χ1v) is 14.9. The molecule has 0 unspecified atom stereocenters. The Balaban J connectivity index is 1.44. The summed E-state index contributed by atoms with van der Waals surface area (Å²) in [7, 11) is 0. The number of halogens is 4. The molecule has 1 aliphatic heterocycles. The number of hydrogen-bond acceptors (Lipinski definition) is 4. The monoisotopic (exact) mass is 670 g/mol. The van der Waals surface area contributed by atoms with Crippen LogP contribution in [0.3, 0.4) is 0 Å². The third kappa shape index (κ3) is 6.59. The number of aryl methyl sites for hydroxylation is 2. The summed E-state index contributed by atoms with van der Waals surface area (Å²) in [5, 5.41) is 2.38. The molecule has 0 radical (unpaired) electrons. The van der Waals surface area contributed by atoms with E-state index in [1.165, 1.54) is 11.8 Å². The highest BCUT2D eigenvalue weighted by molar-refractivity contribution is 9.10. The van der Waals surface area contributed by atoms with Crippen LogP contribution in [0.2, 0.25) is 15.1 Å². The van der Waals surface area contributed by atoms with Crippen molar-refractivity contribution >= 4 is 91.0 Å². The Morgan fingerprint density at radius 3 is 2.27 bits per heavy atom. The number of ether oxygens (including phenoxy) is 1. The van der Waals surface area contributed by atoms with Crippen LogP contribution in [0, 0.1) is 13.8 Å². The highest BCUT2D eigenvalue weighted by atomic mass is 79.9. The van der Waals surface area contributed by atoms with Gasteiger partial charge in [0.05, 0.1) is 20.8 Å². The average molecular weight is 673 g/mol. The van der Waals surface area contributed by atoms with Crippen molar-refractivity contribution < 1.29 is 9.53 Å². The minimum absolute atomic E-state index is 0.193. The molecular weight excluding hydrogens is 651 g/mol. The Kier molecular flexibility index (Phi) is 8.93. The van der Waals surface area contributed by atoms with Crippen LogP contribution >= 0.6 is 62.5 Å². The second kappa shape index (κ2) is 12.4. The third-order valence-electron chi connectivity index (χ3n) is 6.16. The van der Waals surface area contributed by atoms with E-state index in [-0.39, 0.29) is 5.91 Å². The molecule has 4 nitrogen and oxygen atoms in total. The number of benzene rings is 4. The largest absolute Gasteiger partial charge is 0.488 e. The predicted octanol–water partition coefficient (Wildman–Crippen LogP) is 10.4. The van der Waals surface area contributed by atoms with Gasteiger partial charge in [0, 0.05) is 15.1 Å². The quantitative estimate of drug-likeness (QED) is 0.192. The number of anilines is 1. The Hall–Kier alpha value is -2.74. The number of rotatable bonds is 6. The first-order valence-electron chi connectivity index (χ1n) is 12.2. The fraction of sp³-hybridized carbons (Fsp3) is 0.0968. The zero-order valence-corrected chi connectivity index (χ0v) is 26.1. The lowest BCUT2D eigenvalue weighted by atomic mass is 10.2. The molecule has 202 valence electrons. The molecule has 0 aliphatic carbocycles. The molecular formula is C31H22BrCl3N2O2S. The van der Waals surface area contributed by atoms with Crippen LogP contribution in [0.25, 0.3) is 6.08 Å². The van der Waals surface area contributed by atoms with Crippen molar-refractivity contribution in [3.05, 3.63) is 126 Å². The van der Waals surface area contributed by atoms with Crippen molar-refractivity contribution in [3.8, 4) is 5.75 Å². The predicted molar refractivity (Wildman–Crippen MR) is 172 cm³/mol. The zero-order valence-electron chi connectivity index (χ0n) is 21.4. The summed E-state index contributed by atoms with van der Waals surface area (Å²) in [5.41, 5.74) is 5.01. The number of carbonyl (C=O) groups excluding carboxylic acids is 1. The van der Waals surface area contributed by atoms with Gasteiger partial charge in [-0.15, -0.1) is 0 Å². The highest BCUT2D eigenvalue weighted by Crippen LogP contribution is 2.39. The molecule has 0 atom stereocenters. The fourth-order valence-corrected chi connectivity index (χ4v) is 5.86. The summed E-state index contributed by atoms with van der Waals surface area (Å²) >= 11 is 23.6. The van der Waals surface area contributed by atoms with Crippen molar-refractivity contribution in [3.63, 3.8) is 0 Å². The molecule has 0 saturated carbocycles.